The molecule has 116 valence electrons. The first-order chi connectivity index (χ1) is 10.2. The first kappa shape index (κ1) is 16.0. The average molecular weight is 289 g/mol. The van der Waals surface area contributed by atoms with Gasteiger partial charge in [-0.05, 0) is 62.1 Å². The predicted octanol–water partition coefficient (Wildman–Crippen LogP) is 3.31. The molecule has 1 amide bonds. The first-order valence-corrected chi connectivity index (χ1v) is 8.24. The lowest BCUT2D eigenvalue weighted by Gasteiger charge is -2.25. The molecule has 2 rings (SSSR count). The van der Waals surface area contributed by atoms with Gasteiger partial charge < -0.3 is 10.4 Å². The first-order valence-electron chi connectivity index (χ1n) is 8.24. The SMILES string of the molecule is CCCCc1ccc(C(=O)NCC2CCC(O)CC2)cc1. The molecule has 1 aromatic rings. The fourth-order valence-electron chi connectivity index (χ4n) is 2.89. The number of aliphatic hydroxyl groups excluding tert-OH is 1. The van der Waals surface area contributed by atoms with E-state index in [0.717, 1.165) is 44.2 Å². The second-order valence-electron chi connectivity index (χ2n) is 6.19. The molecule has 0 heterocycles. The van der Waals surface area contributed by atoms with Gasteiger partial charge in [-0.15, -0.1) is 0 Å². The number of nitrogens with one attached hydrogen (secondary N) is 1. The summed E-state index contributed by atoms with van der Waals surface area (Å²) in [5.74, 6) is 0.532. The summed E-state index contributed by atoms with van der Waals surface area (Å²) >= 11 is 0. The molecule has 1 fully saturated rings. The molecule has 0 atom stereocenters. The number of aryl methyl sites for hydroxylation is 1. The van der Waals surface area contributed by atoms with Crippen LogP contribution in [0.3, 0.4) is 0 Å². The van der Waals surface area contributed by atoms with Crippen LogP contribution >= 0.6 is 0 Å². The summed E-state index contributed by atoms with van der Waals surface area (Å²) in [4.78, 5) is 12.1. The van der Waals surface area contributed by atoms with E-state index in [4.69, 9.17) is 0 Å². The molecular formula is C18H27NO2. The van der Waals surface area contributed by atoms with Crippen LogP contribution in [0.1, 0.15) is 61.4 Å². The quantitative estimate of drug-likeness (QED) is 0.844. The number of unbranched alkanes of at least 4 members (excludes halogenated alkanes) is 1. The second-order valence-corrected chi connectivity index (χ2v) is 6.19. The number of rotatable bonds is 6. The van der Waals surface area contributed by atoms with Gasteiger partial charge in [0.2, 0.25) is 0 Å². The van der Waals surface area contributed by atoms with Crippen molar-refractivity contribution in [3.8, 4) is 0 Å². The highest BCUT2D eigenvalue weighted by Gasteiger charge is 2.19. The van der Waals surface area contributed by atoms with Crippen LogP contribution < -0.4 is 5.32 Å². The minimum Gasteiger partial charge on any atom is -0.393 e. The molecule has 0 spiro atoms. The molecule has 21 heavy (non-hydrogen) atoms. The Labute approximate surface area is 127 Å². The molecule has 1 aliphatic carbocycles. The van der Waals surface area contributed by atoms with E-state index in [0.29, 0.717) is 5.92 Å². The van der Waals surface area contributed by atoms with Gasteiger partial charge in [0.25, 0.3) is 5.91 Å². The van der Waals surface area contributed by atoms with Crippen LogP contribution in [0.4, 0.5) is 0 Å². The van der Waals surface area contributed by atoms with E-state index in [1.807, 2.05) is 12.1 Å². The Balaban J connectivity index is 1.77. The maximum absolute atomic E-state index is 12.1. The third kappa shape index (κ3) is 5.16. The lowest BCUT2D eigenvalue weighted by Crippen LogP contribution is -2.32. The van der Waals surface area contributed by atoms with E-state index in [2.05, 4.69) is 24.4 Å². The third-order valence-corrected chi connectivity index (χ3v) is 4.40. The summed E-state index contributed by atoms with van der Waals surface area (Å²) < 4.78 is 0. The van der Waals surface area contributed by atoms with Crippen molar-refractivity contribution < 1.29 is 9.90 Å². The van der Waals surface area contributed by atoms with Crippen molar-refractivity contribution in [3.05, 3.63) is 35.4 Å². The van der Waals surface area contributed by atoms with Crippen LogP contribution in [0.25, 0.3) is 0 Å². The van der Waals surface area contributed by atoms with E-state index in [1.54, 1.807) is 0 Å². The summed E-state index contributed by atoms with van der Waals surface area (Å²) in [6, 6.07) is 7.96. The number of hydrogen-bond acceptors (Lipinski definition) is 2. The highest BCUT2D eigenvalue weighted by Crippen LogP contribution is 2.23. The monoisotopic (exact) mass is 289 g/mol. The summed E-state index contributed by atoms with van der Waals surface area (Å²) in [6.45, 7) is 2.91. The fourth-order valence-corrected chi connectivity index (χ4v) is 2.89. The zero-order valence-electron chi connectivity index (χ0n) is 13.0. The minimum absolute atomic E-state index is 0.0168. The molecule has 1 aromatic carbocycles. The number of hydrogen-bond donors (Lipinski definition) is 2. The molecule has 0 aromatic heterocycles. The number of amides is 1. The van der Waals surface area contributed by atoms with E-state index in [1.165, 1.54) is 18.4 Å². The zero-order valence-corrected chi connectivity index (χ0v) is 13.0. The molecule has 0 saturated heterocycles. The summed E-state index contributed by atoms with van der Waals surface area (Å²) in [7, 11) is 0. The molecule has 0 radical (unpaired) electrons. The zero-order chi connectivity index (χ0) is 15.1. The molecular weight excluding hydrogens is 262 g/mol. The van der Waals surface area contributed by atoms with Crippen molar-refractivity contribution in [3.63, 3.8) is 0 Å². The van der Waals surface area contributed by atoms with Crippen LogP contribution in [0.2, 0.25) is 0 Å². The maximum Gasteiger partial charge on any atom is 0.251 e. The summed E-state index contributed by atoms with van der Waals surface area (Å²) in [5, 5.41) is 12.5. The van der Waals surface area contributed by atoms with Gasteiger partial charge in [0.05, 0.1) is 6.10 Å². The molecule has 0 bridgehead atoms. The van der Waals surface area contributed by atoms with Crippen LogP contribution in [-0.4, -0.2) is 23.7 Å². The van der Waals surface area contributed by atoms with E-state index >= 15 is 0 Å². The Hall–Kier alpha value is -1.35. The topological polar surface area (TPSA) is 49.3 Å². The Morgan fingerprint density at radius 3 is 2.48 bits per heavy atom. The van der Waals surface area contributed by atoms with Gasteiger partial charge in [-0.25, -0.2) is 0 Å². The van der Waals surface area contributed by atoms with Crippen molar-refractivity contribution in [2.75, 3.05) is 6.54 Å². The van der Waals surface area contributed by atoms with Gasteiger partial charge in [0, 0.05) is 12.1 Å². The van der Waals surface area contributed by atoms with Gasteiger partial charge in [-0.1, -0.05) is 25.5 Å². The van der Waals surface area contributed by atoms with Gasteiger partial charge in [0.15, 0.2) is 0 Å². The predicted molar refractivity (Wildman–Crippen MR) is 85.4 cm³/mol. The summed E-state index contributed by atoms with van der Waals surface area (Å²) in [5.41, 5.74) is 2.04. The Bertz CT molecular complexity index is 433. The molecule has 3 nitrogen and oxygen atoms in total. The van der Waals surface area contributed by atoms with Crippen molar-refractivity contribution >= 4 is 5.91 Å². The van der Waals surface area contributed by atoms with Crippen LogP contribution in [0, 0.1) is 5.92 Å². The molecule has 0 aliphatic heterocycles. The molecule has 2 N–H and O–H groups in total. The van der Waals surface area contributed by atoms with Crippen molar-refractivity contribution in [2.45, 2.75) is 58.0 Å². The number of aliphatic hydroxyl groups is 1. The van der Waals surface area contributed by atoms with Gasteiger partial charge >= 0.3 is 0 Å². The number of carbonyl (C=O) groups is 1. The average Bonchev–Trinajstić information content (AvgIpc) is 2.52. The van der Waals surface area contributed by atoms with Crippen LogP contribution in [-0.2, 0) is 6.42 Å². The standard InChI is InChI=1S/C18H27NO2/c1-2-3-4-14-5-9-16(10-6-14)18(21)19-13-15-7-11-17(20)12-8-15/h5-6,9-10,15,17,20H,2-4,7-8,11-13H2,1H3,(H,19,21). The normalized spacial score (nSPS) is 22.0. The van der Waals surface area contributed by atoms with Crippen molar-refractivity contribution in [1.29, 1.82) is 0 Å². The lowest BCUT2D eigenvalue weighted by atomic mass is 9.87. The smallest absolute Gasteiger partial charge is 0.251 e. The maximum atomic E-state index is 12.1. The van der Waals surface area contributed by atoms with E-state index in [-0.39, 0.29) is 12.0 Å². The Morgan fingerprint density at radius 2 is 1.86 bits per heavy atom. The molecule has 3 heteroatoms. The van der Waals surface area contributed by atoms with Crippen molar-refractivity contribution in [1.82, 2.24) is 5.32 Å². The number of carbonyl (C=O) groups excluding carboxylic acids is 1. The minimum atomic E-state index is -0.132. The number of benzene rings is 1. The highest BCUT2D eigenvalue weighted by molar-refractivity contribution is 5.94. The van der Waals surface area contributed by atoms with Gasteiger partial charge in [-0.3, -0.25) is 4.79 Å². The summed E-state index contributed by atoms with van der Waals surface area (Å²) in [6.07, 6.45) is 7.10. The fraction of sp³-hybridized carbons (Fsp3) is 0.611. The largest absolute Gasteiger partial charge is 0.393 e. The molecule has 1 aliphatic rings. The van der Waals surface area contributed by atoms with Gasteiger partial charge in [-0.2, -0.15) is 0 Å². The van der Waals surface area contributed by atoms with Crippen LogP contribution in [0.15, 0.2) is 24.3 Å². The molecule has 0 unspecified atom stereocenters. The highest BCUT2D eigenvalue weighted by atomic mass is 16.3. The second kappa shape index (κ2) is 8.18. The van der Waals surface area contributed by atoms with Crippen molar-refractivity contribution in [2.24, 2.45) is 5.92 Å². The molecule has 1 saturated carbocycles. The Kier molecular flexibility index (Phi) is 6.24. The van der Waals surface area contributed by atoms with Gasteiger partial charge in [0.1, 0.15) is 0 Å². The lowest BCUT2D eigenvalue weighted by molar-refractivity contribution is 0.0910. The Morgan fingerprint density at radius 1 is 1.19 bits per heavy atom. The van der Waals surface area contributed by atoms with Crippen LogP contribution in [0.5, 0.6) is 0 Å². The third-order valence-electron chi connectivity index (χ3n) is 4.40. The van der Waals surface area contributed by atoms with E-state index < -0.39 is 0 Å². The van der Waals surface area contributed by atoms with E-state index in [9.17, 15) is 9.90 Å².